The van der Waals surface area contributed by atoms with E-state index in [1.807, 2.05) is 5.38 Å². The summed E-state index contributed by atoms with van der Waals surface area (Å²) in [7, 11) is 0. The fraction of sp³-hybridized carbons (Fsp3) is 0.308. The maximum absolute atomic E-state index is 12.6. The number of thiazole rings is 1. The molecule has 108 valence electrons. The Morgan fingerprint density at radius 1 is 1.35 bits per heavy atom. The molecule has 20 heavy (non-hydrogen) atoms. The highest BCUT2D eigenvalue weighted by molar-refractivity contribution is 7.07. The molecule has 0 saturated heterocycles. The summed E-state index contributed by atoms with van der Waals surface area (Å²) in [4.78, 5) is 4.06. The predicted molar refractivity (Wildman–Crippen MR) is 70.2 cm³/mol. The van der Waals surface area contributed by atoms with Gasteiger partial charge in [-0.05, 0) is 17.7 Å². The van der Waals surface area contributed by atoms with Gasteiger partial charge in [0.15, 0.2) is 0 Å². The summed E-state index contributed by atoms with van der Waals surface area (Å²) in [5.74, 6) is 0. The number of aliphatic hydroxyl groups is 1. The molecule has 1 aromatic carbocycles. The predicted octanol–water partition coefficient (Wildman–Crippen LogP) is 2.99. The standard InChI is InChI=1S/C13H13F3N2OS/c14-13(15,16)10-3-1-2-9(4-10)12(19)6-17-5-11-7-20-8-18-11/h1-4,7-8,12,17,19H,5-6H2. The van der Waals surface area contributed by atoms with E-state index in [1.54, 1.807) is 5.51 Å². The van der Waals surface area contributed by atoms with Gasteiger partial charge >= 0.3 is 6.18 Å². The number of rotatable bonds is 5. The fourth-order valence-corrected chi connectivity index (χ4v) is 2.26. The van der Waals surface area contributed by atoms with Crippen LogP contribution in [0.1, 0.15) is 22.9 Å². The van der Waals surface area contributed by atoms with Crippen LogP contribution in [0, 0.1) is 0 Å². The number of nitrogens with zero attached hydrogens (tertiary/aromatic N) is 1. The molecule has 0 amide bonds. The number of benzene rings is 1. The summed E-state index contributed by atoms with van der Waals surface area (Å²) < 4.78 is 37.7. The van der Waals surface area contributed by atoms with Gasteiger partial charge < -0.3 is 10.4 Å². The molecule has 0 aliphatic heterocycles. The van der Waals surface area contributed by atoms with E-state index in [1.165, 1.54) is 23.5 Å². The lowest BCUT2D eigenvalue weighted by Crippen LogP contribution is -2.21. The van der Waals surface area contributed by atoms with E-state index in [4.69, 9.17) is 0 Å². The van der Waals surface area contributed by atoms with Gasteiger partial charge in [0.25, 0.3) is 0 Å². The Labute approximate surface area is 118 Å². The first-order valence-electron chi connectivity index (χ1n) is 5.90. The summed E-state index contributed by atoms with van der Waals surface area (Å²) in [6.07, 6.45) is -5.39. The third-order valence-electron chi connectivity index (χ3n) is 2.73. The summed E-state index contributed by atoms with van der Waals surface area (Å²) >= 11 is 1.46. The van der Waals surface area contributed by atoms with Crippen molar-refractivity contribution in [3.63, 3.8) is 0 Å². The van der Waals surface area contributed by atoms with Crippen molar-refractivity contribution in [2.24, 2.45) is 0 Å². The minimum atomic E-state index is -4.40. The van der Waals surface area contributed by atoms with Gasteiger partial charge in [-0.2, -0.15) is 13.2 Å². The van der Waals surface area contributed by atoms with Crippen LogP contribution in [0.25, 0.3) is 0 Å². The Hall–Kier alpha value is -1.44. The Morgan fingerprint density at radius 3 is 2.80 bits per heavy atom. The van der Waals surface area contributed by atoms with Gasteiger partial charge in [0.2, 0.25) is 0 Å². The van der Waals surface area contributed by atoms with Crippen molar-refractivity contribution < 1.29 is 18.3 Å². The monoisotopic (exact) mass is 302 g/mol. The van der Waals surface area contributed by atoms with E-state index < -0.39 is 17.8 Å². The van der Waals surface area contributed by atoms with Gasteiger partial charge in [0, 0.05) is 18.5 Å². The van der Waals surface area contributed by atoms with Crippen LogP contribution in [0.15, 0.2) is 35.2 Å². The van der Waals surface area contributed by atoms with Gasteiger partial charge in [0.1, 0.15) is 0 Å². The second-order valence-corrected chi connectivity index (χ2v) is 4.97. The largest absolute Gasteiger partial charge is 0.416 e. The molecule has 0 fully saturated rings. The lowest BCUT2D eigenvalue weighted by atomic mass is 10.1. The van der Waals surface area contributed by atoms with Crippen molar-refractivity contribution in [1.82, 2.24) is 10.3 Å². The van der Waals surface area contributed by atoms with Crippen molar-refractivity contribution in [2.75, 3.05) is 6.54 Å². The number of hydrogen-bond donors (Lipinski definition) is 2. The van der Waals surface area contributed by atoms with E-state index in [2.05, 4.69) is 10.3 Å². The van der Waals surface area contributed by atoms with Crippen LogP contribution in [0.3, 0.4) is 0 Å². The van der Waals surface area contributed by atoms with Gasteiger partial charge in [-0.25, -0.2) is 4.98 Å². The molecule has 0 aliphatic carbocycles. The van der Waals surface area contributed by atoms with Gasteiger partial charge in [-0.1, -0.05) is 12.1 Å². The Morgan fingerprint density at radius 2 is 2.15 bits per heavy atom. The van der Waals surface area contributed by atoms with Crippen LogP contribution >= 0.6 is 11.3 Å². The molecule has 2 aromatic rings. The summed E-state index contributed by atoms with van der Waals surface area (Å²) in [6, 6.07) is 4.72. The van der Waals surface area contributed by atoms with Crippen molar-refractivity contribution >= 4 is 11.3 Å². The lowest BCUT2D eigenvalue weighted by Gasteiger charge is -2.14. The number of hydrogen-bond acceptors (Lipinski definition) is 4. The second-order valence-electron chi connectivity index (χ2n) is 4.25. The molecule has 0 bridgehead atoms. The molecule has 3 nitrogen and oxygen atoms in total. The first-order valence-corrected chi connectivity index (χ1v) is 6.84. The molecule has 0 saturated carbocycles. The zero-order chi connectivity index (χ0) is 14.6. The van der Waals surface area contributed by atoms with E-state index in [-0.39, 0.29) is 12.1 Å². The minimum absolute atomic E-state index is 0.166. The molecule has 1 heterocycles. The zero-order valence-electron chi connectivity index (χ0n) is 10.4. The topological polar surface area (TPSA) is 45.1 Å². The lowest BCUT2D eigenvalue weighted by molar-refractivity contribution is -0.137. The zero-order valence-corrected chi connectivity index (χ0v) is 11.2. The molecule has 1 atom stereocenters. The summed E-state index contributed by atoms with van der Waals surface area (Å²) in [6.45, 7) is 0.637. The van der Waals surface area contributed by atoms with Crippen molar-refractivity contribution in [2.45, 2.75) is 18.8 Å². The first kappa shape index (κ1) is 15.0. The number of alkyl halides is 3. The first-order chi connectivity index (χ1) is 9.47. The van der Waals surface area contributed by atoms with Crippen LogP contribution < -0.4 is 5.32 Å². The van der Waals surface area contributed by atoms with E-state index >= 15 is 0 Å². The maximum atomic E-state index is 12.6. The van der Waals surface area contributed by atoms with Crippen LogP contribution in [0.2, 0.25) is 0 Å². The van der Waals surface area contributed by atoms with E-state index in [0.717, 1.165) is 17.8 Å². The van der Waals surface area contributed by atoms with Crippen LogP contribution in [-0.4, -0.2) is 16.6 Å². The molecule has 2 rings (SSSR count). The smallest absolute Gasteiger partial charge is 0.387 e. The van der Waals surface area contributed by atoms with Gasteiger partial charge in [0.05, 0.1) is 22.9 Å². The third-order valence-corrected chi connectivity index (χ3v) is 3.36. The molecular weight excluding hydrogens is 289 g/mol. The molecule has 0 radical (unpaired) electrons. The fourth-order valence-electron chi connectivity index (χ4n) is 1.70. The average molecular weight is 302 g/mol. The highest BCUT2D eigenvalue weighted by atomic mass is 32.1. The molecule has 0 spiro atoms. The van der Waals surface area contributed by atoms with Crippen LogP contribution in [-0.2, 0) is 12.7 Å². The molecule has 2 N–H and O–H groups in total. The number of nitrogens with one attached hydrogen (secondary N) is 1. The molecule has 0 aliphatic rings. The van der Waals surface area contributed by atoms with Gasteiger partial charge in [-0.3, -0.25) is 0 Å². The van der Waals surface area contributed by atoms with E-state index in [9.17, 15) is 18.3 Å². The number of aromatic nitrogens is 1. The normalized spacial score (nSPS) is 13.4. The Kier molecular flexibility index (Phi) is 4.74. The van der Waals surface area contributed by atoms with Crippen molar-refractivity contribution in [3.05, 3.63) is 52.0 Å². The summed E-state index contributed by atoms with van der Waals surface area (Å²) in [5, 5.41) is 14.7. The average Bonchev–Trinajstić information content (AvgIpc) is 2.91. The van der Waals surface area contributed by atoms with Crippen LogP contribution in [0.4, 0.5) is 13.2 Å². The Balaban J connectivity index is 1.93. The molecule has 7 heteroatoms. The number of halogens is 3. The molecule has 1 aromatic heterocycles. The quantitative estimate of drug-likeness (QED) is 0.892. The van der Waals surface area contributed by atoms with E-state index in [0.29, 0.717) is 6.54 Å². The molecular formula is C13H13F3N2OS. The maximum Gasteiger partial charge on any atom is 0.416 e. The highest BCUT2D eigenvalue weighted by Gasteiger charge is 2.30. The summed E-state index contributed by atoms with van der Waals surface area (Å²) in [5.41, 5.74) is 2.02. The van der Waals surface area contributed by atoms with Crippen molar-refractivity contribution in [1.29, 1.82) is 0 Å². The second kappa shape index (κ2) is 6.34. The SMILES string of the molecule is OC(CNCc1cscn1)c1cccc(C(F)(F)F)c1. The van der Waals surface area contributed by atoms with Crippen LogP contribution in [0.5, 0.6) is 0 Å². The van der Waals surface area contributed by atoms with Gasteiger partial charge in [-0.15, -0.1) is 11.3 Å². The van der Waals surface area contributed by atoms with Crippen molar-refractivity contribution in [3.8, 4) is 0 Å². The number of aliphatic hydroxyl groups excluding tert-OH is 1. The highest BCUT2D eigenvalue weighted by Crippen LogP contribution is 2.30. The minimum Gasteiger partial charge on any atom is -0.387 e. The molecule has 1 unspecified atom stereocenters. The Bertz CT molecular complexity index is 543. The third kappa shape index (κ3) is 4.03.